The van der Waals surface area contributed by atoms with Gasteiger partial charge in [0.25, 0.3) is 0 Å². The molecule has 2 heteroatoms. The minimum atomic E-state index is -0.297. The van der Waals surface area contributed by atoms with E-state index in [0.717, 1.165) is 19.4 Å². The Bertz CT molecular complexity index is 334. The summed E-state index contributed by atoms with van der Waals surface area (Å²) in [6.45, 7) is 7.74. The lowest BCUT2D eigenvalue weighted by Gasteiger charge is -2.12. The Balaban J connectivity index is 2.34. The average molecular weight is 236 g/mol. The van der Waals surface area contributed by atoms with Gasteiger partial charge < -0.3 is 9.84 Å². The molecule has 0 aromatic heterocycles. The summed E-state index contributed by atoms with van der Waals surface area (Å²) in [7, 11) is 0. The van der Waals surface area contributed by atoms with E-state index in [9.17, 15) is 5.11 Å². The number of benzene rings is 1. The third-order valence-electron chi connectivity index (χ3n) is 2.99. The first-order valence-electron chi connectivity index (χ1n) is 6.45. The van der Waals surface area contributed by atoms with Crippen molar-refractivity contribution < 1.29 is 9.84 Å². The van der Waals surface area contributed by atoms with E-state index in [1.54, 1.807) is 0 Å². The summed E-state index contributed by atoms with van der Waals surface area (Å²) in [5.74, 6) is 0. The molecule has 96 valence electrons. The summed E-state index contributed by atoms with van der Waals surface area (Å²) in [4.78, 5) is 0. The molecule has 0 fully saturated rings. The van der Waals surface area contributed by atoms with Gasteiger partial charge in [0.15, 0.2) is 0 Å². The Morgan fingerprint density at radius 3 is 2.59 bits per heavy atom. The van der Waals surface area contributed by atoms with Crippen LogP contribution in [-0.4, -0.2) is 24.4 Å². The quantitative estimate of drug-likeness (QED) is 0.737. The van der Waals surface area contributed by atoms with Crippen LogP contribution in [0.5, 0.6) is 0 Å². The summed E-state index contributed by atoms with van der Waals surface area (Å²) < 4.78 is 5.37. The van der Waals surface area contributed by atoms with Crippen LogP contribution >= 0.6 is 0 Å². The van der Waals surface area contributed by atoms with Crippen LogP contribution < -0.4 is 0 Å². The van der Waals surface area contributed by atoms with E-state index < -0.39 is 0 Å². The van der Waals surface area contributed by atoms with Crippen molar-refractivity contribution in [3.8, 4) is 0 Å². The molecule has 0 radical (unpaired) electrons. The van der Waals surface area contributed by atoms with Crippen molar-refractivity contribution >= 4 is 0 Å². The normalized spacial score (nSPS) is 12.7. The topological polar surface area (TPSA) is 29.5 Å². The third-order valence-corrected chi connectivity index (χ3v) is 2.99. The van der Waals surface area contributed by atoms with Crippen LogP contribution in [0.2, 0.25) is 0 Å². The van der Waals surface area contributed by atoms with Gasteiger partial charge in [0.05, 0.1) is 6.10 Å². The molecule has 1 aromatic rings. The number of rotatable bonds is 7. The molecule has 0 saturated carbocycles. The van der Waals surface area contributed by atoms with Gasteiger partial charge in [-0.25, -0.2) is 0 Å². The second-order valence-corrected chi connectivity index (χ2v) is 4.68. The largest absolute Gasteiger partial charge is 0.393 e. The third kappa shape index (κ3) is 5.33. The lowest BCUT2D eigenvalue weighted by molar-refractivity contribution is 0.0824. The zero-order chi connectivity index (χ0) is 12.7. The Kier molecular flexibility index (Phi) is 6.23. The van der Waals surface area contributed by atoms with Gasteiger partial charge in [0.2, 0.25) is 0 Å². The molecule has 2 nitrogen and oxygen atoms in total. The summed E-state index contributed by atoms with van der Waals surface area (Å²) in [6.07, 6.45) is 2.17. The smallest absolute Gasteiger partial charge is 0.0602 e. The zero-order valence-electron chi connectivity index (χ0n) is 11.2. The maximum absolute atomic E-state index is 9.88. The monoisotopic (exact) mass is 236 g/mol. The highest BCUT2D eigenvalue weighted by Gasteiger charge is 2.06. The van der Waals surface area contributed by atoms with E-state index in [-0.39, 0.29) is 6.10 Å². The van der Waals surface area contributed by atoms with Crippen LogP contribution in [0, 0.1) is 13.8 Å². The maximum atomic E-state index is 9.88. The molecule has 0 amide bonds. The first-order valence-corrected chi connectivity index (χ1v) is 6.45. The molecule has 0 aliphatic rings. The van der Waals surface area contributed by atoms with Crippen LogP contribution in [0.4, 0.5) is 0 Å². The van der Waals surface area contributed by atoms with Crippen molar-refractivity contribution in [1.29, 1.82) is 0 Å². The van der Waals surface area contributed by atoms with Gasteiger partial charge in [0.1, 0.15) is 0 Å². The minimum Gasteiger partial charge on any atom is -0.393 e. The summed E-state index contributed by atoms with van der Waals surface area (Å²) in [5, 5.41) is 9.88. The van der Waals surface area contributed by atoms with E-state index in [1.165, 1.54) is 16.7 Å². The molecular formula is C15H24O2. The number of aliphatic hydroxyl groups excluding tert-OH is 1. The lowest BCUT2D eigenvalue weighted by Crippen LogP contribution is -2.14. The molecule has 0 aliphatic heterocycles. The lowest BCUT2D eigenvalue weighted by atomic mass is 10.0. The maximum Gasteiger partial charge on any atom is 0.0602 e. The van der Waals surface area contributed by atoms with E-state index in [2.05, 4.69) is 39.0 Å². The van der Waals surface area contributed by atoms with Crippen LogP contribution in [0.3, 0.4) is 0 Å². The second kappa shape index (κ2) is 7.46. The molecule has 1 atom stereocenters. The predicted octanol–water partition coefficient (Wildman–Crippen LogP) is 3.02. The first-order chi connectivity index (χ1) is 8.13. The highest BCUT2D eigenvalue weighted by atomic mass is 16.5. The minimum absolute atomic E-state index is 0.297. The van der Waals surface area contributed by atoms with Crippen molar-refractivity contribution in [3.05, 3.63) is 34.9 Å². The highest BCUT2D eigenvalue weighted by molar-refractivity contribution is 5.30. The molecule has 1 aromatic carbocycles. The first kappa shape index (κ1) is 14.2. The van der Waals surface area contributed by atoms with E-state index >= 15 is 0 Å². The number of hydrogen-bond acceptors (Lipinski definition) is 2. The zero-order valence-corrected chi connectivity index (χ0v) is 11.2. The van der Waals surface area contributed by atoms with Crippen molar-refractivity contribution in [2.24, 2.45) is 0 Å². The Hall–Kier alpha value is -0.860. The fraction of sp³-hybridized carbons (Fsp3) is 0.600. The molecule has 0 spiro atoms. The van der Waals surface area contributed by atoms with Crippen LogP contribution in [0.1, 0.15) is 36.5 Å². The Morgan fingerprint density at radius 2 is 1.94 bits per heavy atom. The second-order valence-electron chi connectivity index (χ2n) is 4.68. The van der Waals surface area contributed by atoms with E-state index in [0.29, 0.717) is 13.0 Å². The SMILES string of the molecule is CCCOCCC(O)Cc1ccc(C)c(C)c1. The van der Waals surface area contributed by atoms with Crippen molar-refractivity contribution in [3.63, 3.8) is 0 Å². The molecule has 1 rings (SSSR count). The summed E-state index contributed by atoms with van der Waals surface area (Å²) >= 11 is 0. The summed E-state index contributed by atoms with van der Waals surface area (Å²) in [6, 6.07) is 6.37. The number of aliphatic hydroxyl groups is 1. The summed E-state index contributed by atoms with van der Waals surface area (Å²) in [5.41, 5.74) is 3.79. The van der Waals surface area contributed by atoms with Crippen LogP contribution in [0.25, 0.3) is 0 Å². The molecule has 0 heterocycles. The molecular weight excluding hydrogens is 212 g/mol. The van der Waals surface area contributed by atoms with Gasteiger partial charge in [-0.3, -0.25) is 0 Å². The highest BCUT2D eigenvalue weighted by Crippen LogP contribution is 2.12. The van der Waals surface area contributed by atoms with Crippen molar-refractivity contribution in [1.82, 2.24) is 0 Å². The Morgan fingerprint density at radius 1 is 1.18 bits per heavy atom. The van der Waals surface area contributed by atoms with E-state index in [4.69, 9.17) is 4.74 Å². The average Bonchev–Trinajstić information content (AvgIpc) is 2.30. The molecule has 1 N–H and O–H groups in total. The number of ether oxygens (including phenoxy) is 1. The van der Waals surface area contributed by atoms with E-state index in [1.807, 2.05) is 0 Å². The van der Waals surface area contributed by atoms with Gasteiger partial charge in [-0.05, 0) is 49.8 Å². The van der Waals surface area contributed by atoms with Gasteiger partial charge >= 0.3 is 0 Å². The molecule has 0 aliphatic carbocycles. The fourth-order valence-corrected chi connectivity index (χ4v) is 1.77. The molecule has 17 heavy (non-hydrogen) atoms. The van der Waals surface area contributed by atoms with Crippen LogP contribution in [-0.2, 0) is 11.2 Å². The van der Waals surface area contributed by atoms with Crippen LogP contribution in [0.15, 0.2) is 18.2 Å². The van der Waals surface area contributed by atoms with Gasteiger partial charge in [0, 0.05) is 13.2 Å². The van der Waals surface area contributed by atoms with Gasteiger partial charge in [-0.1, -0.05) is 25.1 Å². The Labute approximate surface area is 105 Å². The van der Waals surface area contributed by atoms with Gasteiger partial charge in [-0.15, -0.1) is 0 Å². The number of aryl methyl sites for hydroxylation is 2. The number of hydrogen-bond donors (Lipinski definition) is 1. The van der Waals surface area contributed by atoms with Crippen molar-refractivity contribution in [2.45, 2.75) is 46.1 Å². The fourth-order valence-electron chi connectivity index (χ4n) is 1.77. The molecule has 1 unspecified atom stereocenters. The van der Waals surface area contributed by atoms with Gasteiger partial charge in [-0.2, -0.15) is 0 Å². The molecule has 0 saturated heterocycles. The standard InChI is InChI=1S/C15H24O2/c1-4-8-17-9-7-15(16)11-14-6-5-12(2)13(3)10-14/h5-6,10,15-16H,4,7-9,11H2,1-3H3. The predicted molar refractivity (Wildman–Crippen MR) is 71.4 cm³/mol. The van der Waals surface area contributed by atoms with Crippen molar-refractivity contribution in [2.75, 3.05) is 13.2 Å². The molecule has 0 bridgehead atoms.